The van der Waals surface area contributed by atoms with Crippen LogP contribution >= 0.6 is 39.5 Å². The van der Waals surface area contributed by atoms with Gasteiger partial charge in [-0.05, 0) is 42.5 Å². The van der Waals surface area contributed by atoms with Crippen LogP contribution in [0.3, 0.4) is 0 Å². The number of anilines is 1. The van der Waals surface area contributed by atoms with E-state index in [1.165, 1.54) is 23.5 Å². The number of furan rings is 1. The minimum absolute atomic E-state index is 0.0204. The number of thiocarbonyl (C=S) groups is 1. The van der Waals surface area contributed by atoms with Crippen molar-refractivity contribution in [2.45, 2.75) is 0 Å². The van der Waals surface area contributed by atoms with Crippen molar-refractivity contribution < 1.29 is 14.1 Å². The van der Waals surface area contributed by atoms with Crippen molar-refractivity contribution in [2.24, 2.45) is 0 Å². The number of nitro groups is 1. The van der Waals surface area contributed by atoms with Crippen LogP contribution in [0.2, 0.25) is 0 Å². The van der Waals surface area contributed by atoms with Crippen molar-refractivity contribution in [1.82, 2.24) is 10.3 Å². The fraction of sp³-hybridized carbons (Fsp3) is 0. The maximum Gasteiger partial charge on any atom is 0.293 e. The lowest BCUT2D eigenvalue weighted by molar-refractivity contribution is -0.384. The van der Waals surface area contributed by atoms with E-state index in [0.717, 1.165) is 10.0 Å². The predicted molar refractivity (Wildman–Crippen MR) is 122 cm³/mol. The monoisotopic (exact) mass is 502 g/mol. The van der Waals surface area contributed by atoms with Crippen LogP contribution in [0.15, 0.2) is 63.5 Å². The zero-order valence-electron chi connectivity index (χ0n) is 14.9. The van der Waals surface area contributed by atoms with Gasteiger partial charge < -0.3 is 9.73 Å². The largest absolute Gasteiger partial charge is 0.451 e. The van der Waals surface area contributed by atoms with Gasteiger partial charge in [-0.3, -0.25) is 20.2 Å². The molecule has 0 aliphatic rings. The lowest BCUT2D eigenvalue weighted by Crippen LogP contribution is -2.33. The number of non-ortho nitro benzene ring substituents is 1. The van der Waals surface area contributed by atoms with E-state index in [-0.39, 0.29) is 16.6 Å². The van der Waals surface area contributed by atoms with Crippen molar-refractivity contribution >= 4 is 71.5 Å². The topological polar surface area (TPSA) is 110 Å². The van der Waals surface area contributed by atoms with Gasteiger partial charge in [0.2, 0.25) is 0 Å². The summed E-state index contributed by atoms with van der Waals surface area (Å²) in [6.45, 7) is 0. The molecule has 0 atom stereocenters. The molecule has 2 aromatic heterocycles. The number of halogens is 1. The molecule has 0 saturated carbocycles. The maximum atomic E-state index is 12.4. The quantitative estimate of drug-likeness (QED) is 0.219. The Morgan fingerprint density at radius 1 is 1.17 bits per heavy atom. The summed E-state index contributed by atoms with van der Waals surface area (Å²) >= 11 is 9.73. The number of hydrogen-bond acceptors (Lipinski definition) is 7. The average molecular weight is 503 g/mol. The molecule has 0 bridgehead atoms. The molecule has 2 aromatic carbocycles. The van der Waals surface area contributed by atoms with Gasteiger partial charge in [0.15, 0.2) is 16.0 Å². The molecule has 0 radical (unpaired) electrons. The zero-order chi connectivity index (χ0) is 21.3. The lowest BCUT2D eigenvalue weighted by Gasteiger charge is -2.05. The Hall–Kier alpha value is -3.15. The molecule has 1 amide bonds. The first-order valence-electron chi connectivity index (χ1n) is 8.42. The van der Waals surface area contributed by atoms with E-state index in [4.69, 9.17) is 16.6 Å². The first-order valence-corrected chi connectivity index (χ1v) is 10.4. The second-order valence-electron chi connectivity index (χ2n) is 6.01. The number of nitrogens with zero attached hydrogens (tertiary/aromatic N) is 2. The Labute approximate surface area is 187 Å². The summed E-state index contributed by atoms with van der Waals surface area (Å²) in [5.41, 5.74) is 1.40. The number of amides is 1. The zero-order valence-corrected chi connectivity index (χ0v) is 18.1. The molecule has 30 heavy (non-hydrogen) atoms. The van der Waals surface area contributed by atoms with Crippen LogP contribution in [0.5, 0.6) is 0 Å². The Morgan fingerprint density at radius 2 is 1.93 bits per heavy atom. The molecule has 150 valence electrons. The fourth-order valence-electron chi connectivity index (χ4n) is 2.60. The van der Waals surface area contributed by atoms with E-state index in [0.29, 0.717) is 21.1 Å². The summed E-state index contributed by atoms with van der Waals surface area (Å²) in [5, 5.41) is 16.7. The molecule has 0 fully saturated rings. The number of aromatic nitrogens is 1. The van der Waals surface area contributed by atoms with Crippen molar-refractivity contribution in [3.8, 4) is 11.3 Å². The first-order chi connectivity index (χ1) is 14.4. The summed E-state index contributed by atoms with van der Waals surface area (Å²) in [6, 6.07) is 15.1. The number of carbonyl (C=O) groups is 1. The maximum absolute atomic E-state index is 12.4. The molecule has 2 heterocycles. The smallest absolute Gasteiger partial charge is 0.293 e. The third-order valence-electron chi connectivity index (χ3n) is 3.99. The van der Waals surface area contributed by atoms with Crippen LogP contribution in [0.4, 0.5) is 10.8 Å². The number of nitro benzene ring substituents is 1. The Bertz CT molecular complexity index is 1280. The van der Waals surface area contributed by atoms with Gasteiger partial charge in [-0.25, -0.2) is 4.98 Å². The fourth-order valence-corrected chi connectivity index (χ4v) is 4.02. The highest BCUT2D eigenvalue weighted by Gasteiger charge is 2.15. The summed E-state index contributed by atoms with van der Waals surface area (Å²) in [6.07, 6.45) is 0. The summed E-state index contributed by atoms with van der Waals surface area (Å²) in [7, 11) is 0. The average Bonchev–Trinajstić information content (AvgIpc) is 3.34. The van der Waals surface area contributed by atoms with Crippen LogP contribution in [0.25, 0.3) is 21.5 Å². The number of thiazole rings is 1. The van der Waals surface area contributed by atoms with Crippen LogP contribution < -0.4 is 10.6 Å². The highest BCUT2D eigenvalue weighted by molar-refractivity contribution is 9.10. The molecule has 0 aliphatic carbocycles. The molecule has 0 aliphatic heterocycles. The number of hydrogen-bond donors (Lipinski definition) is 2. The van der Waals surface area contributed by atoms with Gasteiger partial charge in [-0.2, -0.15) is 0 Å². The number of benzene rings is 2. The summed E-state index contributed by atoms with van der Waals surface area (Å²) < 4.78 is 7.19. The van der Waals surface area contributed by atoms with E-state index in [1.54, 1.807) is 18.2 Å². The van der Waals surface area contributed by atoms with Gasteiger partial charge in [0.25, 0.3) is 11.6 Å². The Kier molecular flexibility index (Phi) is 5.57. The molecule has 0 unspecified atom stereocenters. The molecule has 2 N–H and O–H groups in total. The van der Waals surface area contributed by atoms with E-state index in [2.05, 4.69) is 31.5 Å². The molecular formula is C19H11BrN4O4S2. The second kappa shape index (κ2) is 8.30. The molecule has 0 spiro atoms. The van der Waals surface area contributed by atoms with Gasteiger partial charge in [0.1, 0.15) is 5.76 Å². The lowest BCUT2D eigenvalue weighted by atomic mass is 10.2. The predicted octanol–water partition coefficient (Wildman–Crippen LogP) is 5.35. The molecule has 4 rings (SSSR count). The summed E-state index contributed by atoms with van der Waals surface area (Å²) in [5.74, 6) is 0.156. The van der Waals surface area contributed by atoms with Crippen molar-refractivity contribution in [1.29, 1.82) is 0 Å². The van der Waals surface area contributed by atoms with E-state index in [9.17, 15) is 14.9 Å². The Balaban J connectivity index is 1.42. The highest BCUT2D eigenvalue weighted by Crippen LogP contribution is 2.29. The van der Waals surface area contributed by atoms with E-state index in [1.807, 2.05) is 24.3 Å². The molecule has 0 saturated heterocycles. The molecule has 8 nitrogen and oxygen atoms in total. The van der Waals surface area contributed by atoms with E-state index >= 15 is 0 Å². The van der Waals surface area contributed by atoms with Crippen LogP contribution in [-0.2, 0) is 0 Å². The third-order valence-corrected chi connectivity index (χ3v) is 5.66. The van der Waals surface area contributed by atoms with Crippen LogP contribution in [-0.4, -0.2) is 20.9 Å². The van der Waals surface area contributed by atoms with Crippen LogP contribution in [0.1, 0.15) is 10.6 Å². The molecule has 4 aromatic rings. The number of carbonyl (C=O) groups excluding carboxylic acids is 1. The van der Waals surface area contributed by atoms with Crippen molar-refractivity contribution in [3.63, 3.8) is 0 Å². The standard InChI is InChI=1S/C19H11BrN4O4S2/c20-11-3-1-10(2-4-11)14-7-8-15(28-14)17(25)22-18(29)23-19-21-13-6-5-12(24(26)27)9-16(13)30-19/h1-9H,(H2,21,22,23,25,29). The Morgan fingerprint density at radius 3 is 2.67 bits per heavy atom. The van der Waals surface area contributed by atoms with Gasteiger partial charge in [-0.1, -0.05) is 39.4 Å². The van der Waals surface area contributed by atoms with E-state index < -0.39 is 10.8 Å². The second-order valence-corrected chi connectivity index (χ2v) is 8.36. The van der Waals surface area contributed by atoms with Crippen molar-refractivity contribution in [3.05, 3.63) is 74.9 Å². The number of fused-ring (bicyclic) bond motifs is 1. The first kappa shape index (κ1) is 20.1. The van der Waals surface area contributed by atoms with Crippen LogP contribution in [0, 0.1) is 10.1 Å². The van der Waals surface area contributed by atoms with Crippen molar-refractivity contribution in [2.75, 3.05) is 5.32 Å². The van der Waals surface area contributed by atoms with Gasteiger partial charge >= 0.3 is 0 Å². The molecular weight excluding hydrogens is 492 g/mol. The minimum atomic E-state index is -0.507. The highest BCUT2D eigenvalue weighted by atomic mass is 79.9. The third kappa shape index (κ3) is 4.37. The minimum Gasteiger partial charge on any atom is -0.451 e. The number of nitrogens with one attached hydrogen (secondary N) is 2. The van der Waals surface area contributed by atoms with Gasteiger partial charge in [0, 0.05) is 22.2 Å². The van der Waals surface area contributed by atoms with Gasteiger partial charge in [0.05, 0.1) is 15.1 Å². The molecule has 11 heteroatoms. The summed E-state index contributed by atoms with van der Waals surface area (Å²) in [4.78, 5) is 27.1. The SMILES string of the molecule is O=C(NC(=S)Nc1nc2ccc([N+](=O)[O-])cc2s1)c1ccc(-c2ccc(Br)cc2)o1. The normalized spacial score (nSPS) is 10.7. The van der Waals surface area contributed by atoms with Gasteiger partial charge in [-0.15, -0.1) is 0 Å². The number of rotatable bonds is 4.